The van der Waals surface area contributed by atoms with Crippen LogP contribution in [0.1, 0.15) is 13.3 Å². The number of rotatable bonds is 4. The molecular weight excluding hydrogens is 304 g/mol. The summed E-state index contributed by atoms with van der Waals surface area (Å²) in [7, 11) is -3.94. The molecule has 0 heterocycles. The smallest absolute Gasteiger partial charge is 0.211 e. The van der Waals surface area contributed by atoms with Gasteiger partial charge in [0.2, 0.25) is 10.0 Å². The third-order valence-electron chi connectivity index (χ3n) is 1.77. The van der Waals surface area contributed by atoms with E-state index in [0.717, 1.165) is 6.07 Å². The van der Waals surface area contributed by atoms with Gasteiger partial charge in [0.1, 0.15) is 16.5 Å². The summed E-state index contributed by atoms with van der Waals surface area (Å²) in [6.07, 6.45) is 0.583. The molecule has 0 aliphatic carbocycles. The Kier molecular flexibility index (Phi) is 4.40. The predicted molar refractivity (Wildman–Crippen MR) is 59.5 cm³/mol. The summed E-state index contributed by atoms with van der Waals surface area (Å²) in [4.78, 5) is -0.567. The van der Waals surface area contributed by atoms with E-state index in [0.29, 0.717) is 12.5 Å². The van der Waals surface area contributed by atoms with Crippen LogP contribution >= 0.6 is 15.9 Å². The Balaban J connectivity index is 3.23. The SMILES string of the molecule is CCCNS(=O)(=O)c1c(F)cc(F)cc1Br. The van der Waals surface area contributed by atoms with Crippen molar-refractivity contribution in [3.8, 4) is 0 Å². The zero-order valence-corrected chi connectivity index (χ0v) is 10.8. The number of nitrogens with one attached hydrogen (secondary N) is 1. The van der Waals surface area contributed by atoms with Gasteiger partial charge in [0.05, 0.1) is 0 Å². The molecule has 0 aliphatic heterocycles. The maximum atomic E-state index is 13.3. The van der Waals surface area contributed by atoms with Gasteiger partial charge >= 0.3 is 0 Å². The molecule has 90 valence electrons. The molecule has 1 aromatic carbocycles. The second-order valence-corrected chi connectivity index (χ2v) is 5.65. The Morgan fingerprint density at radius 3 is 2.50 bits per heavy atom. The molecule has 7 heteroatoms. The van der Waals surface area contributed by atoms with Crippen molar-refractivity contribution in [3.63, 3.8) is 0 Å². The molecule has 0 saturated heterocycles. The molecule has 1 aromatic rings. The minimum Gasteiger partial charge on any atom is -0.211 e. The highest BCUT2D eigenvalue weighted by Crippen LogP contribution is 2.25. The lowest BCUT2D eigenvalue weighted by molar-refractivity contribution is 0.540. The summed E-state index contributed by atoms with van der Waals surface area (Å²) >= 11 is 2.83. The van der Waals surface area contributed by atoms with Crippen LogP contribution < -0.4 is 4.72 Å². The van der Waals surface area contributed by atoms with Crippen LogP contribution in [0, 0.1) is 11.6 Å². The summed E-state index contributed by atoms with van der Waals surface area (Å²) in [6, 6.07) is 1.44. The first kappa shape index (κ1) is 13.5. The standard InChI is InChI=1S/C9H10BrF2NO2S/c1-2-3-13-16(14,15)9-7(10)4-6(11)5-8(9)12/h4-5,13H,2-3H2,1H3. The first-order valence-electron chi connectivity index (χ1n) is 4.52. The van der Waals surface area contributed by atoms with Gasteiger partial charge in [-0.05, 0) is 28.4 Å². The van der Waals surface area contributed by atoms with Crippen LogP contribution in [0.25, 0.3) is 0 Å². The summed E-state index contributed by atoms with van der Waals surface area (Å²) in [5.74, 6) is -1.95. The first-order chi connectivity index (χ1) is 7.38. The van der Waals surface area contributed by atoms with E-state index in [1.807, 2.05) is 0 Å². The van der Waals surface area contributed by atoms with Gasteiger partial charge in [-0.15, -0.1) is 0 Å². The summed E-state index contributed by atoms with van der Waals surface area (Å²) in [6.45, 7) is 1.98. The average Bonchev–Trinajstić information content (AvgIpc) is 2.12. The number of benzene rings is 1. The predicted octanol–water partition coefficient (Wildman–Crippen LogP) is 2.42. The van der Waals surface area contributed by atoms with Crippen molar-refractivity contribution in [1.29, 1.82) is 0 Å². The highest BCUT2D eigenvalue weighted by Gasteiger charge is 2.22. The van der Waals surface area contributed by atoms with Crippen LogP contribution in [0.4, 0.5) is 8.78 Å². The maximum Gasteiger partial charge on any atom is 0.244 e. The molecule has 0 atom stereocenters. The van der Waals surface area contributed by atoms with Gasteiger partial charge in [-0.3, -0.25) is 0 Å². The minimum atomic E-state index is -3.94. The largest absolute Gasteiger partial charge is 0.244 e. The van der Waals surface area contributed by atoms with Gasteiger partial charge in [0.25, 0.3) is 0 Å². The van der Waals surface area contributed by atoms with Crippen LogP contribution in [-0.2, 0) is 10.0 Å². The molecule has 0 unspecified atom stereocenters. The van der Waals surface area contributed by atoms with E-state index in [1.165, 1.54) is 0 Å². The topological polar surface area (TPSA) is 46.2 Å². The molecule has 0 amide bonds. The summed E-state index contributed by atoms with van der Waals surface area (Å²) < 4.78 is 51.5. The number of halogens is 3. The van der Waals surface area contributed by atoms with Crippen molar-refractivity contribution >= 4 is 26.0 Å². The molecule has 0 aromatic heterocycles. The third kappa shape index (κ3) is 2.99. The summed E-state index contributed by atoms with van der Waals surface area (Å²) in [5.41, 5.74) is 0. The Bertz CT molecular complexity index is 467. The molecule has 1 rings (SSSR count). The van der Waals surface area contributed by atoms with E-state index in [9.17, 15) is 17.2 Å². The highest BCUT2D eigenvalue weighted by atomic mass is 79.9. The molecule has 0 aliphatic rings. The zero-order valence-electron chi connectivity index (χ0n) is 8.43. The van der Waals surface area contributed by atoms with Crippen molar-refractivity contribution in [3.05, 3.63) is 28.2 Å². The molecule has 0 bridgehead atoms. The second-order valence-electron chi connectivity index (χ2n) is 3.10. The van der Waals surface area contributed by atoms with E-state index >= 15 is 0 Å². The van der Waals surface area contributed by atoms with Gasteiger partial charge in [0.15, 0.2) is 0 Å². The fraction of sp³-hybridized carbons (Fsp3) is 0.333. The van der Waals surface area contributed by atoms with Crippen LogP contribution in [0.3, 0.4) is 0 Å². The number of sulfonamides is 1. The Morgan fingerprint density at radius 1 is 1.38 bits per heavy atom. The van der Waals surface area contributed by atoms with Gasteiger partial charge in [0, 0.05) is 17.1 Å². The summed E-state index contributed by atoms with van der Waals surface area (Å²) in [5, 5.41) is 0. The second kappa shape index (κ2) is 5.20. The van der Waals surface area contributed by atoms with E-state index in [4.69, 9.17) is 0 Å². The van der Waals surface area contributed by atoms with E-state index in [-0.39, 0.29) is 11.0 Å². The fourth-order valence-electron chi connectivity index (χ4n) is 1.09. The van der Waals surface area contributed by atoms with Crippen LogP contribution in [-0.4, -0.2) is 15.0 Å². The van der Waals surface area contributed by atoms with Gasteiger partial charge in [-0.25, -0.2) is 21.9 Å². The lowest BCUT2D eigenvalue weighted by Gasteiger charge is -2.08. The quantitative estimate of drug-likeness (QED) is 0.928. The van der Waals surface area contributed by atoms with E-state index in [2.05, 4.69) is 20.7 Å². The van der Waals surface area contributed by atoms with Crippen molar-refractivity contribution in [2.24, 2.45) is 0 Å². The fourth-order valence-corrected chi connectivity index (χ4v) is 3.39. The normalized spacial score (nSPS) is 11.8. The molecule has 1 N–H and O–H groups in total. The minimum absolute atomic E-state index is 0.131. The number of hydrogen-bond donors (Lipinski definition) is 1. The Hall–Kier alpha value is -0.530. The van der Waals surface area contributed by atoms with Crippen molar-refractivity contribution in [2.45, 2.75) is 18.2 Å². The monoisotopic (exact) mass is 313 g/mol. The molecule has 0 fully saturated rings. The van der Waals surface area contributed by atoms with Crippen LogP contribution in [0.15, 0.2) is 21.5 Å². The number of hydrogen-bond acceptors (Lipinski definition) is 2. The van der Waals surface area contributed by atoms with Crippen LogP contribution in [0.5, 0.6) is 0 Å². The molecule has 0 radical (unpaired) electrons. The third-order valence-corrected chi connectivity index (χ3v) is 4.20. The molecule has 0 spiro atoms. The zero-order chi connectivity index (χ0) is 12.3. The van der Waals surface area contributed by atoms with Crippen LogP contribution in [0.2, 0.25) is 0 Å². The van der Waals surface area contributed by atoms with Crippen molar-refractivity contribution < 1.29 is 17.2 Å². The maximum absolute atomic E-state index is 13.3. The van der Waals surface area contributed by atoms with Crippen molar-refractivity contribution in [1.82, 2.24) is 4.72 Å². The highest BCUT2D eigenvalue weighted by molar-refractivity contribution is 9.10. The molecule has 16 heavy (non-hydrogen) atoms. The Labute approximate surface area is 101 Å². The van der Waals surface area contributed by atoms with E-state index in [1.54, 1.807) is 6.92 Å². The lowest BCUT2D eigenvalue weighted by Crippen LogP contribution is -2.25. The lowest BCUT2D eigenvalue weighted by atomic mass is 10.3. The Morgan fingerprint density at radius 2 is 2.00 bits per heavy atom. The first-order valence-corrected chi connectivity index (χ1v) is 6.80. The van der Waals surface area contributed by atoms with Gasteiger partial charge in [-0.1, -0.05) is 6.92 Å². The van der Waals surface area contributed by atoms with Gasteiger partial charge < -0.3 is 0 Å². The molecular formula is C9H10BrF2NO2S. The van der Waals surface area contributed by atoms with Gasteiger partial charge in [-0.2, -0.15) is 0 Å². The average molecular weight is 314 g/mol. The van der Waals surface area contributed by atoms with E-state index < -0.39 is 26.6 Å². The molecule has 0 saturated carbocycles. The molecule has 3 nitrogen and oxygen atoms in total. The van der Waals surface area contributed by atoms with Crippen molar-refractivity contribution in [2.75, 3.05) is 6.54 Å².